The van der Waals surface area contributed by atoms with Crippen LogP contribution in [0.2, 0.25) is 0 Å². The van der Waals surface area contributed by atoms with Crippen molar-refractivity contribution in [3.8, 4) is 0 Å². The van der Waals surface area contributed by atoms with E-state index >= 15 is 0 Å². The van der Waals surface area contributed by atoms with Crippen molar-refractivity contribution in [2.24, 2.45) is 11.7 Å². The van der Waals surface area contributed by atoms with Gasteiger partial charge in [-0.25, -0.2) is 0 Å². The highest BCUT2D eigenvalue weighted by atomic mass is 16.4. The highest BCUT2D eigenvalue weighted by Gasteiger charge is 2.25. The number of hydrogen-bond donors (Lipinski definition) is 2. The zero-order chi connectivity index (χ0) is 10.6. The summed E-state index contributed by atoms with van der Waals surface area (Å²) in [7, 11) is 0. The number of Topliss-reactive ketones (excluding diaryl/α,β-unsaturated/α-hetero) is 1. The molecule has 0 aromatic carbocycles. The number of carboxylic acids is 1. The van der Waals surface area contributed by atoms with E-state index in [0.717, 1.165) is 0 Å². The number of carboxylic acid groups (broad SMARTS) is 1. The molecule has 5 nitrogen and oxygen atoms in total. The molecule has 0 aliphatic heterocycles. The standard InChI is InChI=1S/C9H10N2O3/c10-4-7(9(13)14)8(12)6-2-1-3-11-5-6/h1-3,5,7H,4,10H2,(H,13,14). The first-order chi connectivity index (χ1) is 6.66. The number of nitrogens with zero attached hydrogens (tertiary/aromatic N) is 1. The van der Waals surface area contributed by atoms with Crippen LogP contribution in [0.25, 0.3) is 0 Å². The minimum Gasteiger partial charge on any atom is -0.481 e. The third kappa shape index (κ3) is 2.14. The maximum atomic E-state index is 11.5. The number of pyridine rings is 1. The fourth-order valence-electron chi connectivity index (χ4n) is 1.03. The molecule has 0 bridgehead atoms. The molecule has 14 heavy (non-hydrogen) atoms. The minimum atomic E-state index is -1.21. The van der Waals surface area contributed by atoms with Crippen molar-refractivity contribution in [2.45, 2.75) is 0 Å². The molecule has 0 aliphatic carbocycles. The lowest BCUT2D eigenvalue weighted by atomic mass is 9.99. The van der Waals surface area contributed by atoms with Gasteiger partial charge in [-0.1, -0.05) is 0 Å². The summed E-state index contributed by atoms with van der Waals surface area (Å²) in [5.74, 6) is -2.89. The van der Waals surface area contributed by atoms with Crippen molar-refractivity contribution in [3.63, 3.8) is 0 Å². The maximum absolute atomic E-state index is 11.5. The van der Waals surface area contributed by atoms with Gasteiger partial charge in [0.25, 0.3) is 0 Å². The van der Waals surface area contributed by atoms with E-state index in [0.29, 0.717) is 0 Å². The Morgan fingerprint density at radius 1 is 1.57 bits per heavy atom. The molecule has 1 heterocycles. The minimum absolute atomic E-state index is 0.205. The van der Waals surface area contributed by atoms with Gasteiger partial charge in [0.05, 0.1) is 0 Å². The van der Waals surface area contributed by atoms with Crippen molar-refractivity contribution >= 4 is 11.8 Å². The zero-order valence-electron chi connectivity index (χ0n) is 7.38. The molecule has 74 valence electrons. The van der Waals surface area contributed by atoms with Crippen LogP contribution in [0, 0.1) is 5.92 Å². The summed E-state index contributed by atoms with van der Waals surface area (Å²) in [6.07, 6.45) is 2.84. The van der Waals surface area contributed by atoms with Crippen molar-refractivity contribution in [1.29, 1.82) is 0 Å². The van der Waals surface area contributed by atoms with Gasteiger partial charge in [-0.15, -0.1) is 0 Å². The predicted molar refractivity (Wildman–Crippen MR) is 48.7 cm³/mol. The summed E-state index contributed by atoms with van der Waals surface area (Å²) in [4.78, 5) is 25.9. The Hall–Kier alpha value is -1.75. The molecule has 1 aromatic rings. The van der Waals surface area contributed by atoms with Gasteiger partial charge >= 0.3 is 5.97 Å². The average Bonchev–Trinajstić information content (AvgIpc) is 2.19. The molecule has 0 aliphatic rings. The van der Waals surface area contributed by atoms with Gasteiger partial charge in [0.1, 0.15) is 5.92 Å². The van der Waals surface area contributed by atoms with Gasteiger partial charge in [0.2, 0.25) is 0 Å². The Balaban J connectivity index is 2.89. The average molecular weight is 194 g/mol. The van der Waals surface area contributed by atoms with E-state index in [2.05, 4.69) is 4.98 Å². The van der Waals surface area contributed by atoms with E-state index in [-0.39, 0.29) is 12.1 Å². The van der Waals surface area contributed by atoms with Gasteiger partial charge in [0.15, 0.2) is 5.78 Å². The number of ketones is 1. The lowest BCUT2D eigenvalue weighted by Crippen LogP contribution is -2.31. The molecule has 1 unspecified atom stereocenters. The summed E-state index contributed by atoms with van der Waals surface area (Å²) >= 11 is 0. The summed E-state index contributed by atoms with van der Waals surface area (Å²) in [6, 6.07) is 3.09. The molecule has 5 heteroatoms. The molecule has 0 radical (unpaired) electrons. The number of rotatable bonds is 4. The van der Waals surface area contributed by atoms with Crippen LogP contribution in [0.3, 0.4) is 0 Å². The van der Waals surface area contributed by atoms with Crippen molar-refractivity contribution < 1.29 is 14.7 Å². The second kappa shape index (κ2) is 4.48. The van der Waals surface area contributed by atoms with E-state index in [1.165, 1.54) is 18.5 Å². The van der Waals surface area contributed by atoms with Crippen molar-refractivity contribution in [2.75, 3.05) is 6.54 Å². The number of carbonyl (C=O) groups excluding carboxylic acids is 1. The number of aromatic nitrogens is 1. The topological polar surface area (TPSA) is 93.3 Å². The van der Waals surface area contributed by atoms with E-state index in [9.17, 15) is 9.59 Å². The molecule has 0 fully saturated rings. The Bertz CT molecular complexity index is 337. The molecule has 1 atom stereocenters. The molecule has 0 spiro atoms. The Morgan fingerprint density at radius 2 is 2.29 bits per heavy atom. The van der Waals surface area contributed by atoms with E-state index in [1.54, 1.807) is 6.07 Å². The quantitative estimate of drug-likeness (QED) is 0.516. The highest BCUT2D eigenvalue weighted by Crippen LogP contribution is 2.06. The van der Waals surface area contributed by atoms with E-state index < -0.39 is 17.7 Å². The fourth-order valence-corrected chi connectivity index (χ4v) is 1.03. The summed E-state index contributed by atoms with van der Waals surface area (Å²) in [5.41, 5.74) is 5.46. The zero-order valence-corrected chi connectivity index (χ0v) is 7.38. The third-order valence-electron chi connectivity index (χ3n) is 1.80. The molecule has 1 aromatic heterocycles. The van der Waals surface area contributed by atoms with Gasteiger partial charge in [-0.05, 0) is 12.1 Å². The van der Waals surface area contributed by atoms with Gasteiger partial charge in [0, 0.05) is 24.5 Å². The number of carbonyl (C=O) groups is 2. The van der Waals surface area contributed by atoms with Crippen LogP contribution in [0.15, 0.2) is 24.5 Å². The van der Waals surface area contributed by atoms with Crippen LogP contribution in [-0.2, 0) is 4.79 Å². The smallest absolute Gasteiger partial charge is 0.315 e. The summed E-state index contributed by atoms with van der Waals surface area (Å²) < 4.78 is 0. The van der Waals surface area contributed by atoms with E-state index in [1.807, 2.05) is 0 Å². The van der Waals surface area contributed by atoms with Gasteiger partial charge in [-0.3, -0.25) is 14.6 Å². The van der Waals surface area contributed by atoms with Crippen LogP contribution >= 0.6 is 0 Å². The molecular weight excluding hydrogens is 184 g/mol. The summed E-state index contributed by atoms with van der Waals surface area (Å²) in [6.45, 7) is -0.205. The molecule has 0 saturated carbocycles. The van der Waals surface area contributed by atoms with Crippen LogP contribution in [0.5, 0.6) is 0 Å². The Morgan fingerprint density at radius 3 is 2.71 bits per heavy atom. The predicted octanol–water partition coefficient (Wildman–Crippen LogP) is -0.0762. The Kier molecular flexibility index (Phi) is 3.30. The fraction of sp³-hybridized carbons (Fsp3) is 0.222. The molecule has 1 rings (SSSR count). The molecule has 3 N–H and O–H groups in total. The molecule has 0 saturated heterocycles. The van der Waals surface area contributed by atoms with Gasteiger partial charge in [-0.2, -0.15) is 0 Å². The number of aliphatic carboxylic acids is 1. The first kappa shape index (κ1) is 10.3. The number of nitrogens with two attached hydrogens (primary N) is 1. The van der Waals surface area contributed by atoms with Crippen LogP contribution in [-0.4, -0.2) is 28.4 Å². The second-order valence-electron chi connectivity index (χ2n) is 2.73. The SMILES string of the molecule is NCC(C(=O)O)C(=O)c1cccnc1. The first-order valence-electron chi connectivity index (χ1n) is 4.04. The second-order valence-corrected chi connectivity index (χ2v) is 2.73. The van der Waals surface area contributed by atoms with Gasteiger partial charge < -0.3 is 10.8 Å². The third-order valence-corrected chi connectivity index (χ3v) is 1.80. The number of hydrogen-bond acceptors (Lipinski definition) is 4. The maximum Gasteiger partial charge on any atom is 0.315 e. The molecular formula is C9H10N2O3. The monoisotopic (exact) mass is 194 g/mol. The lowest BCUT2D eigenvalue weighted by Gasteiger charge is -2.07. The van der Waals surface area contributed by atoms with Crippen LogP contribution in [0.1, 0.15) is 10.4 Å². The van der Waals surface area contributed by atoms with Crippen LogP contribution < -0.4 is 5.73 Å². The van der Waals surface area contributed by atoms with E-state index in [4.69, 9.17) is 10.8 Å². The largest absolute Gasteiger partial charge is 0.481 e. The van der Waals surface area contributed by atoms with Crippen LogP contribution in [0.4, 0.5) is 0 Å². The lowest BCUT2D eigenvalue weighted by molar-refractivity contribution is -0.139. The van der Waals surface area contributed by atoms with Crippen molar-refractivity contribution in [3.05, 3.63) is 30.1 Å². The normalized spacial score (nSPS) is 12.1. The molecule has 0 amide bonds. The Labute approximate surface area is 80.6 Å². The highest BCUT2D eigenvalue weighted by molar-refractivity contribution is 6.08. The van der Waals surface area contributed by atoms with Crippen molar-refractivity contribution in [1.82, 2.24) is 4.98 Å². The summed E-state index contributed by atoms with van der Waals surface area (Å²) in [5, 5.41) is 8.68. The first-order valence-corrected chi connectivity index (χ1v) is 4.04.